The van der Waals surface area contributed by atoms with Gasteiger partial charge in [0.1, 0.15) is 0 Å². The molecule has 0 aliphatic heterocycles. The lowest BCUT2D eigenvalue weighted by Gasteiger charge is -2.04. The molecule has 0 fully saturated rings. The average Bonchev–Trinajstić information content (AvgIpc) is 2.64. The number of anilines is 1. The molecule has 0 amide bonds. The number of ketones is 1. The van der Waals surface area contributed by atoms with Crippen molar-refractivity contribution in [3.05, 3.63) is 50.1 Å². The number of hydrogen-bond acceptors (Lipinski definition) is 3. The third kappa shape index (κ3) is 2.18. The highest BCUT2D eigenvalue weighted by Crippen LogP contribution is 2.25. The first kappa shape index (κ1) is 11.4. The second-order valence-corrected chi connectivity index (χ2v) is 5.97. The Bertz CT molecular complexity index is 548. The Morgan fingerprint density at radius 2 is 2.06 bits per heavy atom. The van der Waals surface area contributed by atoms with Gasteiger partial charge in [0, 0.05) is 11.3 Å². The largest absolute Gasteiger partial charge is 0.399 e. The molecule has 2 nitrogen and oxygen atoms in total. The molecule has 2 N–H and O–H groups in total. The van der Waals surface area contributed by atoms with E-state index in [0.717, 1.165) is 14.2 Å². The maximum absolute atomic E-state index is 12.1. The molecule has 1 heterocycles. The summed E-state index contributed by atoms with van der Waals surface area (Å²) in [6.45, 7) is 1.90. The highest BCUT2D eigenvalue weighted by molar-refractivity contribution is 9.11. The lowest BCUT2D eigenvalue weighted by atomic mass is 10.0. The van der Waals surface area contributed by atoms with Gasteiger partial charge in [-0.05, 0) is 58.7 Å². The smallest absolute Gasteiger partial charge is 0.203 e. The predicted molar refractivity (Wildman–Crippen MR) is 71.0 cm³/mol. The molecule has 0 radical (unpaired) electrons. The van der Waals surface area contributed by atoms with E-state index in [4.69, 9.17) is 5.73 Å². The molecule has 0 unspecified atom stereocenters. The molecule has 0 aliphatic rings. The molecule has 0 atom stereocenters. The van der Waals surface area contributed by atoms with E-state index >= 15 is 0 Å². The molecular formula is C12H10BrNOS. The van der Waals surface area contributed by atoms with Crippen LogP contribution >= 0.6 is 27.3 Å². The number of nitrogen functional groups attached to an aromatic ring is 1. The van der Waals surface area contributed by atoms with Crippen molar-refractivity contribution in [1.29, 1.82) is 0 Å². The number of halogens is 1. The zero-order valence-electron chi connectivity index (χ0n) is 8.66. The Labute approximate surface area is 106 Å². The summed E-state index contributed by atoms with van der Waals surface area (Å²) in [4.78, 5) is 12.9. The number of carbonyl (C=O) groups excluding carboxylic acids is 1. The quantitative estimate of drug-likeness (QED) is 0.679. The highest BCUT2D eigenvalue weighted by Gasteiger charge is 2.13. The third-order valence-electron chi connectivity index (χ3n) is 2.29. The zero-order chi connectivity index (χ0) is 11.7. The van der Waals surface area contributed by atoms with Crippen LogP contribution in [0.4, 0.5) is 5.69 Å². The molecule has 2 aromatic rings. The van der Waals surface area contributed by atoms with E-state index in [1.165, 1.54) is 11.3 Å². The zero-order valence-corrected chi connectivity index (χ0v) is 11.1. The first-order valence-corrected chi connectivity index (χ1v) is 6.35. The minimum Gasteiger partial charge on any atom is -0.399 e. The van der Waals surface area contributed by atoms with Crippen LogP contribution in [-0.2, 0) is 0 Å². The van der Waals surface area contributed by atoms with Crippen LogP contribution in [0, 0.1) is 6.92 Å². The number of nitrogens with two attached hydrogens (primary N) is 1. The van der Waals surface area contributed by atoms with Gasteiger partial charge in [0.05, 0.1) is 8.66 Å². The first-order valence-electron chi connectivity index (χ1n) is 4.74. The van der Waals surface area contributed by atoms with Gasteiger partial charge >= 0.3 is 0 Å². The van der Waals surface area contributed by atoms with Gasteiger partial charge in [0.25, 0.3) is 0 Å². The van der Waals surface area contributed by atoms with Gasteiger partial charge in [-0.25, -0.2) is 0 Å². The molecule has 4 heteroatoms. The summed E-state index contributed by atoms with van der Waals surface area (Å²) in [6.07, 6.45) is 0. The van der Waals surface area contributed by atoms with Crippen molar-refractivity contribution in [2.45, 2.75) is 6.92 Å². The molecule has 0 saturated carbocycles. The Kier molecular flexibility index (Phi) is 3.12. The fraction of sp³-hybridized carbons (Fsp3) is 0.0833. The minimum atomic E-state index is 0.0493. The van der Waals surface area contributed by atoms with E-state index in [-0.39, 0.29) is 5.78 Å². The van der Waals surface area contributed by atoms with Crippen molar-refractivity contribution in [2.24, 2.45) is 0 Å². The van der Waals surface area contributed by atoms with Crippen molar-refractivity contribution < 1.29 is 4.79 Å². The minimum absolute atomic E-state index is 0.0493. The predicted octanol–water partition coefficient (Wildman–Crippen LogP) is 3.63. The van der Waals surface area contributed by atoms with Gasteiger partial charge in [0.15, 0.2) is 0 Å². The maximum Gasteiger partial charge on any atom is 0.203 e. The lowest BCUT2D eigenvalue weighted by molar-refractivity contribution is 0.104. The molecule has 2 rings (SSSR count). The number of hydrogen-bond donors (Lipinski definition) is 1. The van der Waals surface area contributed by atoms with E-state index in [2.05, 4.69) is 15.9 Å². The van der Waals surface area contributed by atoms with Gasteiger partial charge in [-0.15, -0.1) is 11.3 Å². The number of carbonyl (C=O) groups is 1. The van der Waals surface area contributed by atoms with E-state index in [1.807, 2.05) is 25.1 Å². The standard InChI is InChI=1S/C12H10BrNOS/c1-7-6-8(14)2-3-9(7)12(15)10-4-5-11(13)16-10/h2-6H,14H2,1H3. The van der Waals surface area contributed by atoms with Crippen molar-refractivity contribution in [1.82, 2.24) is 0 Å². The fourth-order valence-corrected chi connectivity index (χ4v) is 2.85. The number of rotatable bonds is 2. The SMILES string of the molecule is Cc1cc(N)ccc1C(=O)c1ccc(Br)s1. The summed E-state index contributed by atoms with van der Waals surface area (Å²) in [7, 11) is 0. The topological polar surface area (TPSA) is 43.1 Å². The van der Waals surface area contributed by atoms with Crippen LogP contribution in [0.15, 0.2) is 34.1 Å². The number of benzene rings is 1. The van der Waals surface area contributed by atoms with Crippen molar-refractivity contribution in [2.75, 3.05) is 5.73 Å². The summed E-state index contributed by atoms with van der Waals surface area (Å²) < 4.78 is 0.962. The van der Waals surface area contributed by atoms with Crippen LogP contribution in [0.1, 0.15) is 20.8 Å². The van der Waals surface area contributed by atoms with Gasteiger partial charge < -0.3 is 5.73 Å². The molecule has 1 aromatic carbocycles. The Balaban J connectivity index is 2.41. The molecule has 0 spiro atoms. The van der Waals surface area contributed by atoms with E-state index in [0.29, 0.717) is 11.3 Å². The summed E-state index contributed by atoms with van der Waals surface area (Å²) in [6, 6.07) is 9.05. The fourth-order valence-electron chi connectivity index (χ4n) is 1.51. The Morgan fingerprint density at radius 3 is 2.62 bits per heavy atom. The van der Waals surface area contributed by atoms with Crippen molar-refractivity contribution in [3.8, 4) is 0 Å². The molecule has 1 aromatic heterocycles. The van der Waals surface area contributed by atoms with Crippen LogP contribution in [0.5, 0.6) is 0 Å². The maximum atomic E-state index is 12.1. The van der Waals surface area contributed by atoms with Crippen LogP contribution < -0.4 is 5.73 Å². The molecule has 16 heavy (non-hydrogen) atoms. The third-order valence-corrected chi connectivity index (χ3v) is 3.91. The van der Waals surface area contributed by atoms with Crippen LogP contribution in [0.25, 0.3) is 0 Å². The monoisotopic (exact) mass is 295 g/mol. The molecule has 0 saturated heterocycles. The summed E-state index contributed by atoms with van der Waals surface area (Å²) in [5.41, 5.74) is 7.96. The molecular weight excluding hydrogens is 286 g/mol. The second-order valence-electron chi connectivity index (χ2n) is 3.51. The normalized spacial score (nSPS) is 10.4. The molecule has 82 valence electrons. The van der Waals surface area contributed by atoms with Crippen LogP contribution in [0.3, 0.4) is 0 Å². The van der Waals surface area contributed by atoms with Gasteiger partial charge in [-0.2, -0.15) is 0 Å². The number of aryl methyl sites for hydroxylation is 1. The van der Waals surface area contributed by atoms with E-state index in [1.54, 1.807) is 12.1 Å². The van der Waals surface area contributed by atoms with Crippen molar-refractivity contribution >= 4 is 38.7 Å². The van der Waals surface area contributed by atoms with Gasteiger partial charge in [-0.3, -0.25) is 4.79 Å². The van der Waals surface area contributed by atoms with Gasteiger partial charge in [-0.1, -0.05) is 0 Å². The van der Waals surface area contributed by atoms with E-state index in [9.17, 15) is 4.79 Å². The highest BCUT2D eigenvalue weighted by atomic mass is 79.9. The lowest BCUT2D eigenvalue weighted by Crippen LogP contribution is -2.02. The first-order chi connectivity index (χ1) is 7.58. The van der Waals surface area contributed by atoms with Crippen LogP contribution in [-0.4, -0.2) is 5.78 Å². The summed E-state index contributed by atoms with van der Waals surface area (Å²) >= 11 is 4.79. The van der Waals surface area contributed by atoms with Gasteiger partial charge in [0.2, 0.25) is 5.78 Å². The summed E-state index contributed by atoms with van der Waals surface area (Å²) in [5, 5.41) is 0. The van der Waals surface area contributed by atoms with Crippen LogP contribution in [0.2, 0.25) is 0 Å². The average molecular weight is 296 g/mol. The van der Waals surface area contributed by atoms with E-state index < -0.39 is 0 Å². The summed E-state index contributed by atoms with van der Waals surface area (Å²) in [5.74, 6) is 0.0493. The number of thiophene rings is 1. The van der Waals surface area contributed by atoms with Crippen molar-refractivity contribution in [3.63, 3.8) is 0 Å². The Morgan fingerprint density at radius 1 is 1.31 bits per heavy atom. The second kappa shape index (κ2) is 4.39. The molecule has 0 aliphatic carbocycles. The molecule has 0 bridgehead atoms. The Hall–Kier alpha value is -1.13.